The molecule has 3 aromatic carbocycles. The number of terminal acetylenes is 1. The van der Waals surface area contributed by atoms with E-state index in [-0.39, 0.29) is 56.7 Å². The van der Waals surface area contributed by atoms with Gasteiger partial charge in [0, 0.05) is 79.7 Å². The first kappa shape index (κ1) is 41.3. The number of pyridine rings is 1. The molecule has 65 heavy (non-hydrogen) atoms. The number of carbonyl (C=O) groups excluding carboxylic acids is 2. The summed E-state index contributed by atoms with van der Waals surface area (Å²) < 4.78 is 40.4. The lowest BCUT2D eigenvalue weighted by molar-refractivity contribution is -0.134. The minimum absolute atomic E-state index is 0.0333. The van der Waals surface area contributed by atoms with Crippen molar-refractivity contribution in [3.05, 3.63) is 71.6 Å². The Hall–Kier alpha value is -6.44. The monoisotopic (exact) mass is 880 g/mol. The predicted octanol–water partition coefficient (Wildman–Crippen LogP) is 6.14. The van der Waals surface area contributed by atoms with Crippen LogP contribution in [0.5, 0.6) is 11.8 Å². The Balaban J connectivity index is 0.792. The Labute approximate surface area is 374 Å². The molecular formula is C49H50F2N10O4. The number of nitrogens with one attached hydrogen (secondary N) is 3. The fraction of sp³-hybridized carbons (Fsp3) is 0.429. The topological polar surface area (TPSA) is 163 Å². The molecule has 3 aromatic heterocycles. The van der Waals surface area contributed by atoms with Gasteiger partial charge in [0.05, 0.1) is 40.4 Å². The van der Waals surface area contributed by atoms with Gasteiger partial charge in [-0.3, -0.25) is 24.6 Å². The van der Waals surface area contributed by atoms with Crippen LogP contribution < -0.4 is 25.6 Å². The lowest BCUT2D eigenvalue weighted by Gasteiger charge is -2.35. The molecular weight excluding hydrogens is 831 g/mol. The van der Waals surface area contributed by atoms with Crippen molar-refractivity contribution in [2.75, 3.05) is 56.1 Å². The van der Waals surface area contributed by atoms with Crippen molar-refractivity contribution < 1.29 is 28.2 Å². The Bertz CT molecular complexity index is 2950. The number of likely N-dealkylation sites (tertiary alicyclic amines) is 1. The van der Waals surface area contributed by atoms with E-state index < -0.39 is 17.6 Å². The Morgan fingerprint density at radius 2 is 1.82 bits per heavy atom. The highest BCUT2D eigenvalue weighted by Gasteiger charge is 2.46. The number of aromatic nitrogens is 5. The van der Waals surface area contributed by atoms with Gasteiger partial charge in [0.15, 0.2) is 5.82 Å². The molecule has 11 rings (SSSR count). The molecule has 0 radical (unpaired) electrons. The van der Waals surface area contributed by atoms with Crippen LogP contribution in [-0.2, 0) is 16.6 Å². The third-order valence-electron chi connectivity index (χ3n) is 14.4. The average Bonchev–Trinajstić information content (AvgIpc) is 3.87. The largest absolute Gasteiger partial charge is 0.508 e. The summed E-state index contributed by atoms with van der Waals surface area (Å²) in [6.07, 6.45) is 14.3. The fourth-order valence-electron chi connectivity index (χ4n) is 10.8. The maximum Gasteiger partial charge on any atom is 0.319 e. The predicted molar refractivity (Wildman–Crippen MR) is 243 cm³/mol. The van der Waals surface area contributed by atoms with E-state index in [0.717, 1.165) is 81.3 Å². The third-order valence-corrected chi connectivity index (χ3v) is 14.4. The molecule has 5 aliphatic rings. The number of benzene rings is 3. The number of halogens is 2. The normalized spacial score (nSPS) is 22.1. The van der Waals surface area contributed by atoms with E-state index in [9.17, 15) is 14.7 Å². The van der Waals surface area contributed by atoms with Crippen LogP contribution in [0, 0.1) is 35.3 Å². The standard InChI is InChI=1S/C49H50F2N10O4/c1-3-32-37(50)11-7-28-19-31(62)20-35(40(28)32)43-41(51)44-36(22-53-43)46(61-23-29-8-9-30(24-61)54-29)57-48(56-44)65-26-49(15-16-49)25-60-17-13-27(14-18-60)21-52-38-6-4-5-33-42(58-59(2)45(33)38)34-10-12-39(63)55-47(34)64/h1,4-7,11,19-20,22,27,29-30,34,52,54,62H,8-10,12-18,21,23-26H2,2H3,(H,55,63,64). The smallest absolute Gasteiger partial charge is 0.319 e. The zero-order valence-corrected chi connectivity index (χ0v) is 36.2. The van der Waals surface area contributed by atoms with Gasteiger partial charge in [-0.15, -0.1) is 6.42 Å². The first-order valence-corrected chi connectivity index (χ1v) is 22.7. The summed E-state index contributed by atoms with van der Waals surface area (Å²) in [5, 5.41) is 27.3. The van der Waals surface area contributed by atoms with E-state index in [1.807, 2.05) is 23.9 Å². The SMILES string of the molecule is C#Cc1c(F)ccc2cc(O)cc(-c3ncc4c(N5CC6CCC(C5)N6)nc(OCC5(CN6CCC(CNc7cccc8c(C9CCC(=O)NC9=O)nn(C)c78)CC6)CC5)nc4c3F)c12. The van der Waals surface area contributed by atoms with Gasteiger partial charge in [0.2, 0.25) is 11.8 Å². The fourth-order valence-corrected chi connectivity index (χ4v) is 10.8. The first-order valence-electron chi connectivity index (χ1n) is 22.7. The van der Waals surface area contributed by atoms with Gasteiger partial charge in [0.25, 0.3) is 0 Å². The van der Waals surface area contributed by atoms with Crippen LogP contribution in [0.15, 0.2) is 48.7 Å². The van der Waals surface area contributed by atoms with Crippen molar-refractivity contribution >= 4 is 55.9 Å². The zero-order chi connectivity index (χ0) is 44.6. The summed E-state index contributed by atoms with van der Waals surface area (Å²) in [5.74, 6) is 0.968. The number of hydrogen-bond donors (Lipinski definition) is 4. The molecule has 2 amide bonds. The van der Waals surface area contributed by atoms with E-state index >= 15 is 8.78 Å². The number of carbonyl (C=O) groups is 2. The lowest BCUT2D eigenvalue weighted by atomic mass is 9.92. The molecule has 16 heteroatoms. The van der Waals surface area contributed by atoms with Gasteiger partial charge in [-0.2, -0.15) is 15.1 Å². The van der Waals surface area contributed by atoms with E-state index in [1.54, 1.807) is 6.20 Å². The Morgan fingerprint density at radius 3 is 2.57 bits per heavy atom. The summed E-state index contributed by atoms with van der Waals surface area (Å²) in [4.78, 5) is 43.4. The van der Waals surface area contributed by atoms with Gasteiger partial charge < -0.3 is 30.3 Å². The zero-order valence-electron chi connectivity index (χ0n) is 36.2. The number of aryl methyl sites for hydroxylation is 1. The molecule has 1 aliphatic carbocycles. The van der Waals surface area contributed by atoms with Gasteiger partial charge in [-0.1, -0.05) is 24.1 Å². The summed E-state index contributed by atoms with van der Waals surface area (Å²) in [6.45, 7) is 5.41. The van der Waals surface area contributed by atoms with Gasteiger partial charge in [0.1, 0.15) is 28.6 Å². The van der Waals surface area contributed by atoms with Crippen molar-refractivity contribution in [3.8, 4) is 35.4 Å². The number of hydrogen-bond acceptors (Lipinski definition) is 12. The van der Waals surface area contributed by atoms with Crippen molar-refractivity contribution in [3.63, 3.8) is 0 Å². The highest BCUT2D eigenvalue weighted by molar-refractivity contribution is 6.04. The number of phenols is 1. The van der Waals surface area contributed by atoms with Gasteiger partial charge in [-0.05, 0) is 93.6 Å². The van der Waals surface area contributed by atoms with Crippen molar-refractivity contribution in [2.24, 2.45) is 18.4 Å². The molecule has 4 saturated heterocycles. The van der Waals surface area contributed by atoms with E-state index in [0.29, 0.717) is 72.8 Å². The van der Waals surface area contributed by atoms with Crippen molar-refractivity contribution in [1.82, 2.24) is 40.3 Å². The van der Waals surface area contributed by atoms with Gasteiger partial charge in [-0.25, -0.2) is 8.78 Å². The number of imide groups is 1. The van der Waals surface area contributed by atoms with Crippen LogP contribution in [0.4, 0.5) is 20.3 Å². The molecule has 3 unspecified atom stereocenters. The molecule has 334 valence electrons. The van der Waals surface area contributed by atoms with Crippen LogP contribution in [0.3, 0.4) is 0 Å². The minimum atomic E-state index is -0.735. The van der Waals surface area contributed by atoms with Crippen molar-refractivity contribution in [2.45, 2.75) is 69.4 Å². The quantitative estimate of drug-likeness (QED) is 0.0871. The molecule has 2 bridgehead atoms. The minimum Gasteiger partial charge on any atom is -0.508 e. The van der Waals surface area contributed by atoms with Gasteiger partial charge >= 0.3 is 6.01 Å². The van der Waals surface area contributed by atoms with Crippen LogP contribution in [0.25, 0.3) is 43.8 Å². The molecule has 6 aromatic rings. The molecule has 7 heterocycles. The lowest BCUT2D eigenvalue weighted by Crippen LogP contribution is -2.51. The van der Waals surface area contributed by atoms with Crippen LogP contribution in [0.2, 0.25) is 0 Å². The van der Waals surface area contributed by atoms with Crippen LogP contribution >= 0.6 is 0 Å². The number of aromatic hydroxyl groups is 1. The maximum absolute atomic E-state index is 17.1. The van der Waals surface area contributed by atoms with E-state index in [4.69, 9.17) is 26.2 Å². The van der Waals surface area contributed by atoms with Crippen LogP contribution in [-0.4, -0.2) is 105 Å². The number of ether oxygens (including phenoxy) is 1. The summed E-state index contributed by atoms with van der Waals surface area (Å²) in [6, 6.07) is 12.3. The number of nitrogens with zero attached hydrogens (tertiary/aromatic N) is 7. The number of fused-ring (bicyclic) bond motifs is 5. The number of piperazine rings is 1. The third kappa shape index (κ3) is 7.63. The summed E-state index contributed by atoms with van der Waals surface area (Å²) in [5.41, 5.74) is 2.61. The Kier molecular flexibility index (Phi) is 10.3. The first-order chi connectivity index (χ1) is 31.5. The molecule has 14 nitrogen and oxygen atoms in total. The van der Waals surface area contributed by atoms with E-state index in [1.165, 1.54) is 24.3 Å². The number of para-hydroxylation sites is 1. The maximum atomic E-state index is 17.1. The molecule has 3 atom stereocenters. The highest BCUT2D eigenvalue weighted by Crippen LogP contribution is 2.47. The second-order valence-electron chi connectivity index (χ2n) is 18.8. The molecule has 0 spiro atoms. The number of phenolic OH excluding ortho intramolecular Hbond substituents is 1. The summed E-state index contributed by atoms with van der Waals surface area (Å²) in [7, 11) is 1.89. The average molecular weight is 881 g/mol. The number of anilines is 2. The molecule has 5 fully saturated rings. The Morgan fingerprint density at radius 1 is 1.02 bits per heavy atom. The highest BCUT2D eigenvalue weighted by atomic mass is 19.1. The van der Waals surface area contributed by atoms with E-state index in [2.05, 4.69) is 42.7 Å². The number of amides is 2. The summed E-state index contributed by atoms with van der Waals surface area (Å²) >= 11 is 0. The van der Waals surface area contributed by atoms with Crippen molar-refractivity contribution in [1.29, 1.82) is 0 Å². The van der Waals surface area contributed by atoms with Crippen LogP contribution in [0.1, 0.15) is 68.5 Å². The second kappa shape index (κ2) is 16.2. The molecule has 4 N–H and O–H groups in total. The molecule has 4 aliphatic heterocycles. The number of rotatable bonds is 11. The molecule has 1 saturated carbocycles. The number of piperidine rings is 2. The second-order valence-corrected chi connectivity index (χ2v) is 18.8.